The second-order valence-electron chi connectivity index (χ2n) is 7.31. The molecule has 1 saturated heterocycles. The number of aryl methyl sites for hydroxylation is 1. The number of carbonyl (C=O) groups is 3. The molecule has 8 heteroatoms. The Balaban J connectivity index is 1.56. The fraction of sp³-hybridized carbons (Fsp3) is 0.381. The third-order valence-corrected chi connectivity index (χ3v) is 5.89. The molecule has 1 aromatic carbocycles. The lowest BCUT2D eigenvalue weighted by Crippen LogP contribution is -2.51. The molecule has 2 aromatic rings. The number of urea groups is 1. The molecule has 0 bridgehead atoms. The van der Waals surface area contributed by atoms with Crippen LogP contribution >= 0.6 is 11.3 Å². The monoisotopic (exact) mass is 414 g/mol. The highest BCUT2D eigenvalue weighted by atomic mass is 32.1. The van der Waals surface area contributed by atoms with Crippen LogP contribution in [0.3, 0.4) is 0 Å². The molecule has 7 nitrogen and oxygen atoms in total. The third kappa shape index (κ3) is 5.21. The number of thiophene rings is 1. The SMILES string of the molecule is CCN(CC(=O)NN1C(=O)N[C@](C)(CCc2ccccc2)C1=O)Cc1cccs1. The standard InChI is InChI=1S/C21H26N4O3S/c1-3-24(14-17-10-7-13-29-17)15-18(26)23-25-19(27)21(2,22-20(25)28)12-11-16-8-5-4-6-9-16/h4-10,13H,3,11-12,14-15H2,1-2H3,(H,22,28)(H,23,26)/t21-/m1/s1. The van der Waals surface area contributed by atoms with Crippen LogP contribution in [0.4, 0.5) is 4.79 Å². The highest BCUT2D eigenvalue weighted by molar-refractivity contribution is 7.09. The first-order valence-corrected chi connectivity index (χ1v) is 10.5. The van der Waals surface area contributed by atoms with Crippen molar-refractivity contribution in [1.82, 2.24) is 20.7 Å². The van der Waals surface area contributed by atoms with Gasteiger partial charge in [0.2, 0.25) is 0 Å². The Hall–Kier alpha value is -2.71. The lowest BCUT2D eigenvalue weighted by Gasteiger charge is -2.23. The number of nitrogens with zero attached hydrogens (tertiary/aromatic N) is 2. The Morgan fingerprint density at radius 2 is 1.97 bits per heavy atom. The van der Waals surface area contributed by atoms with Gasteiger partial charge >= 0.3 is 6.03 Å². The van der Waals surface area contributed by atoms with Crippen molar-refractivity contribution in [3.8, 4) is 0 Å². The molecule has 0 aliphatic carbocycles. The second-order valence-corrected chi connectivity index (χ2v) is 8.34. The Labute approximate surface area is 174 Å². The van der Waals surface area contributed by atoms with Gasteiger partial charge < -0.3 is 5.32 Å². The van der Waals surface area contributed by atoms with E-state index in [4.69, 9.17) is 0 Å². The van der Waals surface area contributed by atoms with Gasteiger partial charge in [0.25, 0.3) is 11.8 Å². The van der Waals surface area contributed by atoms with Crippen LogP contribution in [0.25, 0.3) is 0 Å². The van der Waals surface area contributed by atoms with Crippen LogP contribution in [-0.2, 0) is 22.6 Å². The van der Waals surface area contributed by atoms with E-state index in [1.807, 2.05) is 59.7 Å². The Morgan fingerprint density at radius 3 is 2.62 bits per heavy atom. The molecule has 0 saturated carbocycles. The van der Waals surface area contributed by atoms with E-state index >= 15 is 0 Å². The molecular formula is C21H26N4O3S. The minimum atomic E-state index is -1.04. The van der Waals surface area contributed by atoms with E-state index in [1.54, 1.807) is 18.3 Å². The number of amides is 4. The van der Waals surface area contributed by atoms with Crippen LogP contribution in [0.2, 0.25) is 0 Å². The number of imide groups is 1. The van der Waals surface area contributed by atoms with Gasteiger partial charge in [-0.05, 0) is 43.3 Å². The summed E-state index contributed by atoms with van der Waals surface area (Å²) in [4.78, 5) is 40.7. The minimum Gasteiger partial charge on any atom is -0.322 e. The molecule has 2 N–H and O–H groups in total. The second kappa shape index (κ2) is 9.19. The first kappa shape index (κ1) is 21.0. The number of carbonyl (C=O) groups excluding carboxylic acids is 3. The quantitative estimate of drug-likeness (QED) is 0.618. The van der Waals surface area contributed by atoms with Crippen molar-refractivity contribution >= 4 is 29.2 Å². The number of benzene rings is 1. The van der Waals surface area contributed by atoms with E-state index in [9.17, 15) is 14.4 Å². The van der Waals surface area contributed by atoms with Crippen molar-refractivity contribution in [2.45, 2.75) is 38.8 Å². The molecule has 1 aliphatic rings. The molecular weight excluding hydrogens is 388 g/mol. The van der Waals surface area contributed by atoms with Crippen LogP contribution in [0, 0.1) is 0 Å². The zero-order valence-corrected chi connectivity index (χ0v) is 17.5. The maximum atomic E-state index is 12.8. The highest BCUT2D eigenvalue weighted by Gasteiger charge is 2.48. The number of nitrogens with one attached hydrogen (secondary N) is 2. The summed E-state index contributed by atoms with van der Waals surface area (Å²) in [6, 6.07) is 13.2. The fourth-order valence-electron chi connectivity index (χ4n) is 3.26. The summed E-state index contributed by atoms with van der Waals surface area (Å²) < 4.78 is 0. The van der Waals surface area contributed by atoms with Gasteiger partial charge in [-0.15, -0.1) is 11.3 Å². The van der Waals surface area contributed by atoms with Crippen LogP contribution in [0.1, 0.15) is 30.7 Å². The maximum Gasteiger partial charge on any atom is 0.344 e. The molecule has 1 aromatic heterocycles. The van der Waals surface area contributed by atoms with Gasteiger partial charge in [0.05, 0.1) is 6.54 Å². The number of likely N-dealkylation sites (N-methyl/N-ethyl adjacent to an activating group) is 1. The molecule has 1 aliphatic heterocycles. The van der Waals surface area contributed by atoms with Gasteiger partial charge in [0.15, 0.2) is 0 Å². The minimum absolute atomic E-state index is 0.103. The summed E-state index contributed by atoms with van der Waals surface area (Å²) in [6.07, 6.45) is 1.10. The summed E-state index contributed by atoms with van der Waals surface area (Å²) in [5, 5.41) is 5.52. The smallest absolute Gasteiger partial charge is 0.322 e. The molecule has 154 valence electrons. The van der Waals surface area contributed by atoms with Crippen LogP contribution in [0.15, 0.2) is 47.8 Å². The first-order valence-electron chi connectivity index (χ1n) is 9.66. The number of hydrogen-bond donors (Lipinski definition) is 2. The van der Waals surface area contributed by atoms with E-state index in [0.29, 0.717) is 25.9 Å². The van der Waals surface area contributed by atoms with Gasteiger partial charge in [-0.25, -0.2) is 4.79 Å². The summed E-state index contributed by atoms with van der Waals surface area (Å²) in [6.45, 7) is 5.09. The highest BCUT2D eigenvalue weighted by Crippen LogP contribution is 2.22. The van der Waals surface area contributed by atoms with Crippen molar-refractivity contribution in [2.24, 2.45) is 0 Å². The molecule has 1 fully saturated rings. The summed E-state index contributed by atoms with van der Waals surface area (Å²) in [5.41, 5.74) is 2.52. The molecule has 29 heavy (non-hydrogen) atoms. The zero-order valence-electron chi connectivity index (χ0n) is 16.7. The van der Waals surface area contributed by atoms with Gasteiger partial charge in [0.1, 0.15) is 5.54 Å². The largest absolute Gasteiger partial charge is 0.344 e. The molecule has 0 radical (unpaired) electrons. The van der Waals surface area contributed by atoms with Gasteiger partial charge in [0, 0.05) is 11.4 Å². The molecule has 1 atom stereocenters. The summed E-state index contributed by atoms with van der Waals surface area (Å²) >= 11 is 1.63. The molecule has 0 unspecified atom stereocenters. The topological polar surface area (TPSA) is 81.8 Å². The number of rotatable bonds is 9. The van der Waals surface area contributed by atoms with E-state index in [0.717, 1.165) is 15.4 Å². The van der Waals surface area contributed by atoms with E-state index in [-0.39, 0.29) is 12.5 Å². The third-order valence-electron chi connectivity index (χ3n) is 5.03. The maximum absolute atomic E-state index is 12.8. The van der Waals surface area contributed by atoms with Crippen molar-refractivity contribution < 1.29 is 14.4 Å². The normalized spacial score (nSPS) is 18.9. The fourth-order valence-corrected chi connectivity index (χ4v) is 4.01. The Kier molecular flexibility index (Phi) is 6.66. The van der Waals surface area contributed by atoms with Gasteiger partial charge in [-0.1, -0.05) is 43.3 Å². The van der Waals surface area contributed by atoms with E-state index < -0.39 is 17.5 Å². The predicted molar refractivity (Wildman–Crippen MR) is 112 cm³/mol. The molecule has 2 heterocycles. The lowest BCUT2D eigenvalue weighted by atomic mass is 9.93. The van der Waals surface area contributed by atoms with Crippen LogP contribution in [0.5, 0.6) is 0 Å². The van der Waals surface area contributed by atoms with E-state index in [2.05, 4.69) is 10.7 Å². The average molecular weight is 415 g/mol. The van der Waals surface area contributed by atoms with Crippen molar-refractivity contribution in [3.63, 3.8) is 0 Å². The van der Waals surface area contributed by atoms with Crippen molar-refractivity contribution in [2.75, 3.05) is 13.1 Å². The van der Waals surface area contributed by atoms with Gasteiger partial charge in [-0.2, -0.15) is 5.01 Å². The molecule has 4 amide bonds. The zero-order chi connectivity index (χ0) is 20.9. The van der Waals surface area contributed by atoms with Gasteiger partial charge in [-0.3, -0.25) is 19.9 Å². The lowest BCUT2D eigenvalue weighted by molar-refractivity contribution is -0.139. The van der Waals surface area contributed by atoms with Crippen molar-refractivity contribution in [1.29, 1.82) is 0 Å². The Bertz CT molecular complexity index is 856. The summed E-state index contributed by atoms with van der Waals surface area (Å²) in [7, 11) is 0. The number of hydrazine groups is 1. The summed E-state index contributed by atoms with van der Waals surface area (Å²) in [5.74, 6) is -0.827. The van der Waals surface area contributed by atoms with Crippen LogP contribution < -0.4 is 10.7 Å². The average Bonchev–Trinajstić information content (AvgIpc) is 3.29. The first-order chi connectivity index (χ1) is 13.9. The number of hydrogen-bond acceptors (Lipinski definition) is 5. The Morgan fingerprint density at radius 1 is 1.21 bits per heavy atom. The molecule has 3 rings (SSSR count). The molecule has 0 spiro atoms. The van der Waals surface area contributed by atoms with Crippen LogP contribution in [-0.4, -0.2) is 46.4 Å². The predicted octanol–water partition coefficient (Wildman–Crippen LogP) is 2.54. The van der Waals surface area contributed by atoms with Crippen molar-refractivity contribution in [3.05, 3.63) is 58.3 Å². The van der Waals surface area contributed by atoms with E-state index in [1.165, 1.54) is 0 Å².